The van der Waals surface area contributed by atoms with Crippen LogP contribution in [0.1, 0.15) is 65.7 Å². The lowest BCUT2D eigenvalue weighted by Gasteiger charge is -2.30. The largest absolute Gasteiger partial charge is 0.481 e. The molecule has 1 N–H and O–H groups in total. The van der Waals surface area contributed by atoms with Crippen LogP contribution in [0, 0.1) is 23.7 Å². The zero-order valence-corrected chi connectivity index (χ0v) is 13.4. The van der Waals surface area contributed by atoms with Crippen molar-refractivity contribution in [1.29, 1.82) is 0 Å². The molecule has 2 saturated carbocycles. The van der Waals surface area contributed by atoms with Crippen LogP contribution in [-0.4, -0.2) is 22.6 Å². The van der Waals surface area contributed by atoms with E-state index in [1.54, 1.807) is 0 Å². The molecule has 0 aromatic carbocycles. The van der Waals surface area contributed by atoms with Crippen molar-refractivity contribution in [3.05, 3.63) is 0 Å². The fraction of sp³-hybridized carbons (Fsp3) is 0.882. The van der Waals surface area contributed by atoms with Gasteiger partial charge < -0.3 is 9.84 Å². The van der Waals surface area contributed by atoms with E-state index in [1.165, 1.54) is 0 Å². The van der Waals surface area contributed by atoms with E-state index in [0.717, 1.165) is 44.9 Å². The average molecular weight is 296 g/mol. The molecule has 0 bridgehead atoms. The molecule has 4 unspecified atom stereocenters. The monoisotopic (exact) mass is 296 g/mol. The summed E-state index contributed by atoms with van der Waals surface area (Å²) in [6.45, 7) is 5.88. The number of carboxylic acid groups (broad SMARTS) is 1. The molecule has 21 heavy (non-hydrogen) atoms. The van der Waals surface area contributed by atoms with E-state index in [-0.39, 0.29) is 29.6 Å². The van der Waals surface area contributed by atoms with Crippen molar-refractivity contribution >= 4 is 11.9 Å². The van der Waals surface area contributed by atoms with Crippen LogP contribution in [0.5, 0.6) is 0 Å². The molecule has 0 amide bonds. The minimum Gasteiger partial charge on any atom is -0.481 e. The lowest BCUT2D eigenvalue weighted by molar-refractivity contribution is -0.165. The molecule has 0 saturated heterocycles. The average Bonchev–Trinajstić information content (AvgIpc) is 3.06. The summed E-state index contributed by atoms with van der Waals surface area (Å²) in [5.74, 6) is -0.796. The van der Waals surface area contributed by atoms with E-state index in [2.05, 4.69) is 0 Å². The summed E-state index contributed by atoms with van der Waals surface area (Å²) in [5.41, 5.74) is -0.425. The Kier molecular flexibility index (Phi) is 4.95. The first-order valence-electron chi connectivity index (χ1n) is 8.31. The Morgan fingerprint density at radius 3 is 2.10 bits per heavy atom. The molecule has 4 atom stereocenters. The van der Waals surface area contributed by atoms with Crippen molar-refractivity contribution in [2.24, 2.45) is 23.7 Å². The number of hydrogen-bond donors (Lipinski definition) is 1. The van der Waals surface area contributed by atoms with Gasteiger partial charge >= 0.3 is 11.9 Å². The van der Waals surface area contributed by atoms with Gasteiger partial charge in [-0.05, 0) is 57.8 Å². The molecule has 4 heteroatoms. The molecule has 2 aliphatic carbocycles. The first-order valence-corrected chi connectivity index (χ1v) is 8.31. The predicted molar refractivity (Wildman–Crippen MR) is 79.8 cm³/mol. The predicted octanol–water partition coefficient (Wildman–Crippen LogP) is 3.64. The zero-order valence-electron chi connectivity index (χ0n) is 13.4. The van der Waals surface area contributed by atoms with E-state index in [9.17, 15) is 14.7 Å². The summed E-state index contributed by atoms with van der Waals surface area (Å²) < 4.78 is 5.67. The van der Waals surface area contributed by atoms with Crippen molar-refractivity contribution in [3.8, 4) is 0 Å². The van der Waals surface area contributed by atoms with Gasteiger partial charge in [0.05, 0.1) is 11.8 Å². The fourth-order valence-corrected chi connectivity index (χ4v) is 4.02. The van der Waals surface area contributed by atoms with E-state index < -0.39 is 11.6 Å². The fourth-order valence-electron chi connectivity index (χ4n) is 4.02. The number of esters is 1. The molecule has 0 spiro atoms. The van der Waals surface area contributed by atoms with Gasteiger partial charge in [-0.1, -0.05) is 19.8 Å². The lowest BCUT2D eigenvalue weighted by atomic mass is 9.78. The number of hydrogen-bond acceptors (Lipinski definition) is 3. The summed E-state index contributed by atoms with van der Waals surface area (Å²) >= 11 is 0. The maximum Gasteiger partial charge on any atom is 0.309 e. The van der Waals surface area contributed by atoms with Crippen LogP contribution in [0.2, 0.25) is 0 Å². The molecular weight excluding hydrogens is 268 g/mol. The molecule has 120 valence electrons. The number of carboxylic acids is 1. The SMILES string of the molecule is CCC(C)(C)OC(=O)C1CCCC1C1CCCC1C(=O)O. The summed E-state index contributed by atoms with van der Waals surface area (Å²) in [5, 5.41) is 9.38. The van der Waals surface area contributed by atoms with Crippen LogP contribution in [0.25, 0.3) is 0 Å². The molecule has 2 fully saturated rings. The third kappa shape index (κ3) is 3.58. The molecule has 0 aromatic rings. The van der Waals surface area contributed by atoms with E-state index in [4.69, 9.17) is 4.74 Å². The van der Waals surface area contributed by atoms with Gasteiger partial charge in [0, 0.05) is 0 Å². The van der Waals surface area contributed by atoms with Gasteiger partial charge in [0.2, 0.25) is 0 Å². The summed E-state index contributed by atoms with van der Waals surface area (Å²) in [6, 6.07) is 0. The topological polar surface area (TPSA) is 63.6 Å². The first-order chi connectivity index (χ1) is 9.85. The third-order valence-corrected chi connectivity index (χ3v) is 5.54. The molecule has 0 aliphatic heterocycles. The van der Waals surface area contributed by atoms with Crippen molar-refractivity contribution in [2.75, 3.05) is 0 Å². The molecule has 0 radical (unpaired) electrons. The number of rotatable bonds is 5. The van der Waals surface area contributed by atoms with E-state index in [0.29, 0.717) is 0 Å². The summed E-state index contributed by atoms with van der Waals surface area (Å²) in [4.78, 5) is 23.9. The molecule has 0 heterocycles. The summed E-state index contributed by atoms with van der Waals surface area (Å²) in [6.07, 6.45) is 6.31. The third-order valence-electron chi connectivity index (χ3n) is 5.54. The molecule has 2 aliphatic rings. The number of aliphatic carboxylic acids is 1. The quantitative estimate of drug-likeness (QED) is 0.787. The van der Waals surface area contributed by atoms with Crippen LogP contribution < -0.4 is 0 Å². The first kappa shape index (κ1) is 16.3. The smallest absolute Gasteiger partial charge is 0.309 e. The van der Waals surface area contributed by atoms with Gasteiger partial charge in [0.1, 0.15) is 5.60 Å². The normalized spacial score (nSPS) is 33.1. The molecule has 2 rings (SSSR count). The second kappa shape index (κ2) is 6.37. The van der Waals surface area contributed by atoms with E-state index in [1.807, 2.05) is 20.8 Å². The minimum atomic E-state index is -0.689. The Morgan fingerprint density at radius 1 is 1.05 bits per heavy atom. The van der Waals surface area contributed by atoms with Crippen LogP contribution in [-0.2, 0) is 14.3 Å². The van der Waals surface area contributed by atoms with Crippen LogP contribution >= 0.6 is 0 Å². The number of carbonyl (C=O) groups is 2. The Hall–Kier alpha value is -1.06. The Morgan fingerprint density at radius 2 is 1.57 bits per heavy atom. The standard InChI is InChI=1S/C17H28O4/c1-4-17(2,3)21-16(20)14-10-6-8-12(14)11-7-5-9-13(11)15(18)19/h11-14H,4-10H2,1-3H3,(H,18,19). The Bertz CT molecular complexity index is 402. The Balaban J connectivity index is 2.06. The van der Waals surface area contributed by atoms with Crippen molar-refractivity contribution in [3.63, 3.8) is 0 Å². The van der Waals surface area contributed by atoms with Gasteiger partial charge in [0.25, 0.3) is 0 Å². The summed E-state index contributed by atoms with van der Waals surface area (Å²) in [7, 11) is 0. The molecular formula is C17H28O4. The highest BCUT2D eigenvalue weighted by atomic mass is 16.6. The number of ether oxygens (including phenoxy) is 1. The van der Waals surface area contributed by atoms with Crippen molar-refractivity contribution in [2.45, 2.75) is 71.3 Å². The highest BCUT2D eigenvalue weighted by Crippen LogP contribution is 2.47. The lowest BCUT2D eigenvalue weighted by Crippen LogP contribution is -2.35. The second-order valence-electron chi connectivity index (χ2n) is 7.28. The molecule has 4 nitrogen and oxygen atoms in total. The maximum absolute atomic E-state index is 12.5. The van der Waals surface area contributed by atoms with Crippen LogP contribution in [0.15, 0.2) is 0 Å². The molecule has 0 aromatic heterocycles. The maximum atomic E-state index is 12.5. The van der Waals surface area contributed by atoms with Crippen LogP contribution in [0.4, 0.5) is 0 Å². The second-order valence-corrected chi connectivity index (χ2v) is 7.28. The van der Waals surface area contributed by atoms with Crippen LogP contribution in [0.3, 0.4) is 0 Å². The zero-order chi connectivity index (χ0) is 15.6. The van der Waals surface area contributed by atoms with Gasteiger partial charge in [-0.3, -0.25) is 9.59 Å². The highest BCUT2D eigenvalue weighted by Gasteiger charge is 2.46. The van der Waals surface area contributed by atoms with Gasteiger partial charge in [0.15, 0.2) is 0 Å². The number of carbonyl (C=O) groups excluding carboxylic acids is 1. The van der Waals surface area contributed by atoms with Gasteiger partial charge in [-0.2, -0.15) is 0 Å². The Labute approximate surface area is 127 Å². The minimum absolute atomic E-state index is 0.0965. The highest BCUT2D eigenvalue weighted by molar-refractivity contribution is 5.74. The van der Waals surface area contributed by atoms with Crippen molar-refractivity contribution < 1.29 is 19.4 Å². The van der Waals surface area contributed by atoms with E-state index >= 15 is 0 Å². The van der Waals surface area contributed by atoms with Crippen molar-refractivity contribution in [1.82, 2.24) is 0 Å². The van der Waals surface area contributed by atoms with Gasteiger partial charge in [-0.15, -0.1) is 0 Å². The van der Waals surface area contributed by atoms with Gasteiger partial charge in [-0.25, -0.2) is 0 Å².